The lowest BCUT2D eigenvalue weighted by Crippen LogP contribution is -2.21. The monoisotopic (exact) mass is 193 g/mol. The molecule has 0 fully saturated rings. The molecule has 1 rings (SSSR count). The lowest BCUT2D eigenvalue weighted by atomic mass is 10.1. The minimum atomic E-state index is 0.770. The van der Waals surface area contributed by atoms with Crippen molar-refractivity contribution in [3.05, 3.63) is 29.8 Å². The average Bonchev–Trinajstić information content (AvgIpc) is 2.26. The number of hydrogen-bond acceptors (Lipinski definition) is 2. The Morgan fingerprint density at radius 2 is 1.86 bits per heavy atom. The van der Waals surface area contributed by atoms with Crippen LogP contribution in [0.3, 0.4) is 0 Å². The topological polar surface area (TPSA) is 12.5 Å². The number of hydrogen-bond donors (Lipinski definition) is 0. The molecule has 0 N–H and O–H groups in total. The summed E-state index contributed by atoms with van der Waals surface area (Å²) in [6.45, 7) is 3.87. The largest absolute Gasteiger partial charge is 0.383 e. The second kappa shape index (κ2) is 5.66. The van der Waals surface area contributed by atoms with Gasteiger partial charge in [0, 0.05) is 26.4 Å². The third-order valence-corrected chi connectivity index (χ3v) is 2.42. The van der Waals surface area contributed by atoms with Crippen LogP contribution in [0.5, 0.6) is 0 Å². The number of rotatable bonds is 5. The standard InChI is InChI=1S/C12H19NO/c1-4-11-5-7-12(8-6-11)13(2)9-10-14-3/h5-8H,4,9-10H2,1-3H3. The van der Waals surface area contributed by atoms with Crippen molar-refractivity contribution in [3.8, 4) is 0 Å². The molecule has 0 heterocycles. The summed E-state index contributed by atoms with van der Waals surface area (Å²) >= 11 is 0. The number of ether oxygens (including phenoxy) is 1. The normalized spacial score (nSPS) is 10.2. The first kappa shape index (κ1) is 11.1. The van der Waals surface area contributed by atoms with Crippen LogP contribution in [0, 0.1) is 0 Å². The molecule has 0 unspecified atom stereocenters. The van der Waals surface area contributed by atoms with Gasteiger partial charge in [0.25, 0.3) is 0 Å². The second-order valence-corrected chi connectivity index (χ2v) is 3.43. The Balaban J connectivity index is 2.57. The molecule has 1 aromatic rings. The molecule has 0 radical (unpaired) electrons. The van der Waals surface area contributed by atoms with E-state index in [4.69, 9.17) is 4.74 Å². The molecule has 2 nitrogen and oxygen atoms in total. The highest BCUT2D eigenvalue weighted by molar-refractivity contribution is 5.46. The smallest absolute Gasteiger partial charge is 0.0637 e. The maximum Gasteiger partial charge on any atom is 0.0637 e. The van der Waals surface area contributed by atoms with E-state index in [9.17, 15) is 0 Å². The van der Waals surface area contributed by atoms with Crippen LogP contribution < -0.4 is 4.90 Å². The van der Waals surface area contributed by atoms with Crippen LogP contribution in [0.25, 0.3) is 0 Å². The van der Waals surface area contributed by atoms with Gasteiger partial charge in [-0.05, 0) is 24.1 Å². The van der Waals surface area contributed by atoms with Crippen LogP contribution in [-0.4, -0.2) is 27.3 Å². The van der Waals surface area contributed by atoms with Gasteiger partial charge in [0.2, 0.25) is 0 Å². The quantitative estimate of drug-likeness (QED) is 0.711. The molecule has 0 aliphatic heterocycles. The van der Waals surface area contributed by atoms with Crippen molar-refractivity contribution >= 4 is 5.69 Å². The zero-order chi connectivity index (χ0) is 10.4. The van der Waals surface area contributed by atoms with E-state index in [2.05, 4.69) is 43.1 Å². The fourth-order valence-electron chi connectivity index (χ4n) is 1.34. The van der Waals surface area contributed by atoms with Crippen LogP contribution in [-0.2, 0) is 11.2 Å². The molecule has 0 aromatic heterocycles. The van der Waals surface area contributed by atoms with Gasteiger partial charge in [-0.3, -0.25) is 0 Å². The summed E-state index contributed by atoms with van der Waals surface area (Å²) in [6.07, 6.45) is 1.10. The van der Waals surface area contributed by atoms with Gasteiger partial charge < -0.3 is 9.64 Å². The van der Waals surface area contributed by atoms with Gasteiger partial charge in [0.05, 0.1) is 6.61 Å². The number of likely N-dealkylation sites (N-methyl/N-ethyl adjacent to an activating group) is 1. The van der Waals surface area contributed by atoms with E-state index in [0.29, 0.717) is 0 Å². The van der Waals surface area contributed by atoms with Crippen LogP contribution in [0.2, 0.25) is 0 Å². The summed E-state index contributed by atoms with van der Waals surface area (Å²) in [4.78, 5) is 2.20. The molecule has 1 aromatic carbocycles. The third kappa shape index (κ3) is 3.04. The Kier molecular flexibility index (Phi) is 4.47. The summed E-state index contributed by atoms with van der Waals surface area (Å²) in [5.74, 6) is 0. The van der Waals surface area contributed by atoms with Crippen molar-refractivity contribution in [3.63, 3.8) is 0 Å². The van der Waals surface area contributed by atoms with E-state index >= 15 is 0 Å². The van der Waals surface area contributed by atoms with Crippen molar-refractivity contribution in [1.29, 1.82) is 0 Å². The Labute approximate surface area is 86.5 Å². The summed E-state index contributed by atoms with van der Waals surface area (Å²) in [5, 5.41) is 0. The average molecular weight is 193 g/mol. The summed E-state index contributed by atoms with van der Waals surface area (Å²) in [7, 11) is 3.81. The summed E-state index contributed by atoms with van der Waals surface area (Å²) in [5.41, 5.74) is 2.63. The van der Waals surface area contributed by atoms with Crippen molar-refractivity contribution in [2.45, 2.75) is 13.3 Å². The van der Waals surface area contributed by atoms with Gasteiger partial charge in [-0.1, -0.05) is 19.1 Å². The number of methoxy groups -OCH3 is 1. The lowest BCUT2D eigenvalue weighted by molar-refractivity contribution is 0.206. The minimum absolute atomic E-state index is 0.770. The molecule has 78 valence electrons. The first-order valence-electron chi connectivity index (χ1n) is 5.07. The molecule has 0 bridgehead atoms. The fourth-order valence-corrected chi connectivity index (χ4v) is 1.34. The Morgan fingerprint density at radius 1 is 1.21 bits per heavy atom. The van der Waals surface area contributed by atoms with E-state index in [0.717, 1.165) is 19.6 Å². The third-order valence-electron chi connectivity index (χ3n) is 2.42. The zero-order valence-electron chi connectivity index (χ0n) is 9.29. The number of benzene rings is 1. The van der Waals surface area contributed by atoms with Gasteiger partial charge in [0.15, 0.2) is 0 Å². The highest BCUT2D eigenvalue weighted by atomic mass is 16.5. The van der Waals surface area contributed by atoms with E-state index < -0.39 is 0 Å². The molecule has 0 amide bonds. The maximum atomic E-state index is 5.04. The van der Waals surface area contributed by atoms with Gasteiger partial charge in [-0.15, -0.1) is 0 Å². The molecule has 2 heteroatoms. The van der Waals surface area contributed by atoms with E-state index in [-0.39, 0.29) is 0 Å². The Bertz CT molecular complexity index is 256. The number of anilines is 1. The highest BCUT2D eigenvalue weighted by Gasteiger charge is 1.99. The summed E-state index contributed by atoms with van der Waals surface area (Å²) in [6, 6.07) is 8.68. The zero-order valence-corrected chi connectivity index (χ0v) is 9.29. The predicted molar refractivity (Wildman–Crippen MR) is 61.0 cm³/mol. The van der Waals surface area contributed by atoms with Crippen LogP contribution in [0.4, 0.5) is 5.69 Å². The number of nitrogens with zero attached hydrogens (tertiary/aromatic N) is 1. The molecule has 0 aliphatic rings. The van der Waals surface area contributed by atoms with Crippen molar-refractivity contribution in [2.75, 3.05) is 32.2 Å². The molecule has 0 aliphatic carbocycles. The minimum Gasteiger partial charge on any atom is -0.383 e. The first-order chi connectivity index (χ1) is 6.77. The lowest BCUT2D eigenvalue weighted by Gasteiger charge is -2.18. The SMILES string of the molecule is CCc1ccc(N(C)CCOC)cc1. The Hall–Kier alpha value is -1.02. The van der Waals surface area contributed by atoms with Crippen molar-refractivity contribution in [2.24, 2.45) is 0 Å². The van der Waals surface area contributed by atoms with E-state index in [1.807, 2.05) is 0 Å². The number of aryl methyl sites for hydroxylation is 1. The summed E-state index contributed by atoms with van der Waals surface area (Å²) < 4.78 is 5.04. The molecule has 0 saturated heterocycles. The van der Waals surface area contributed by atoms with Crippen molar-refractivity contribution < 1.29 is 4.74 Å². The molecule has 14 heavy (non-hydrogen) atoms. The molecular formula is C12H19NO. The van der Waals surface area contributed by atoms with Gasteiger partial charge in [-0.25, -0.2) is 0 Å². The fraction of sp³-hybridized carbons (Fsp3) is 0.500. The van der Waals surface area contributed by atoms with Crippen LogP contribution in [0.1, 0.15) is 12.5 Å². The van der Waals surface area contributed by atoms with Crippen LogP contribution in [0.15, 0.2) is 24.3 Å². The molecule has 0 atom stereocenters. The van der Waals surface area contributed by atoms with Crippen LogP contribution >= 0.6 is 0 Å². The molecule has 0 spiro atoms. The maximum absolute atomic E-state index is 5.04. The predicted octanol–water partition coefficient (Wildman–Crippen LogP) is 2.33. The van der Waals surface area contributed by atoms with E-state index in [1.165, 1.54) is 11.3 Å². The van der Waals surface area contributed by atoms with Crippen molar-refractivity contribution in [1.82, 2.24) is 0 Å². The van der Waals surface area contributed by atoms with E-state index in [1.54, 1.807) is 7.11 Å². The molecular weight excluding hydrogens is 174 g/mol. The Morgan fingerprint density at radius 3 is 2.36 bits per heavy atom. The highest BCUT2D eigenvalue weighted by Crippen LogP contribution is 2.13. The van der Waals surface area contributed by atoms with Gasteiger partial charge in [-0.2, -0.15) is 0 Å². The second-order valence-electron chi connectivity index (χ2n) is 3.43. The van der Waals surface area contributed by atoms with Gasteiger partial charge in [0.1, 0.15) is 0 Å². The first-order valence-corrected chi connectivity index (χ1v) is 5.07. The van der Waals surface area contributed by atoms with Gasteiger partial charge >= 0.3 is 0 Å². The molecule has 0 saturated carbocycles.